The van der Waals surface area contributed by atoms with Crippen LogP contribution in [0.3, 0.4) is 0 Å². The van der Waals surface area contributed by atoms with E-state index in [0.717, 1.165) is 30.4 Å². The van der Waals surface area contributed by atoms with E-state index in [1.165, 1.54) is 31.2 Å². The van der Waals surface area contributed by atoms with E-state index < -0.39 is 0 Å². The van der Waals surface area contributed by atoms with Crippen LogP contribution in [-0.4, -0.2) is 26.5 Å². The molecule has 0 aliphatic heterocycles. The summed E-state index contributed by atoms with van der Waals surface area (Å²) in [5.41, 5.74) is 3.30. The van der Waals surface area contributed by atoms with Crippen LogP contribution in [0.5, 0.6) is 5.75 Å². The summed E-state index contributed by atoms with van der Waals surface area (Å²) in [4.78, 5) is 0. The summed E-state index contributed by atoms with van der Waals surface area (Å²) in [6, 6.07) is 6.66. The molecule has 0 saturated heterocycles. The maximum Gasteiger partial charge on any atom is 0.119 e. The number of alkyl halides is 1. The highest BCUT2D eigenvalue weighted by Crippen LogP contribution is 2.61. The van der Waals surface area contributed by atoms with Gasteiger partial charge in [0, 0.05) is 0 Å². The van der Waals surface area contributed by atoms with Crippen LogP contribution in [0.4, 0.5) is 4.39 Å². The third-order valence-electron chi connectivity index (χ3n) is 7.24. The number of rotatable bonds is 4. The molecule has 2 nitrogen and oxygen atoms in total. The Morgan fingerprint density at radius 1 is 1.21 bits per heavy atom. The predicted octanol–water partition coefficient (Wildman–Crippen LogP) is 4.91. The fourth-order valence-electron chi connectivity index (χ4n) is 6.10. The number of methoxy groups -OCH3 is 1. The summed E-state index contributed by atoms with van der Waals surface area (Å²) in [6.07, 6.45) is 7.52. The molecule has 2 fully saturated rings. The van der Waals surface area contributed by atoms with Gasteiger partial charge in [0.25, 0.3) is 0 Å². The standard InChI is InChI=1S/C21H29FO2/c1-21-10-9-17-16-6-4-15(23-2)13-14(16)3-5-18(17)19(21)7-8-20(21)24-12-11-22/h4,6,13,17-20H,3,5,7-12H2,1-2H3/t17-,18-,19-,20-,21-/m0/s1. The zero-order valence-corrected chi connectivity index (χ0v) is 14.9. The van der Waals surface area contributed by atoms with Crippen LogP contribution in [0.2, 0.25) is 0 Å². The van der Waals surface area contributed by atoms with Crippen LogP contribution in [0.15, 0.2) is 18.2 Å². The molecule has 0 aromatic heterocycles. The zero-order valence-electron chi connectivity index (χ0n) is 14.9. The fourth-order valence-corrected chi connectivity index (χ4v) is 6.10. The minimum absolute atomic E-state index is 0.250. The van der Waals surface area contributed by atoms with Crippen LogP contribution in [0, 0.1) is 17.3 Å². The second kappa shape index (κ2) is 6.33. The number of ether oxygens (including phenoxy) is 2. The van der Waals surface area contributed by atoms with Crippen molar-refractivity contribution in [3.05, 3.63) is 29.3 Å². The highest BCUT2D eigenvalue weighted by atomic mass is 19.1. The molecule has 0 spiro atoms. The van der Waals surface area contributed by atoms with Crippen LogP contribution >= 0.6 is 0 Å². The molecule has 0 radical (unpaired) electrons. The molecule has 0 bridgehead atoms. The fraction of sp³-hybridized carbons (Fsp3) is 0.714. The second-order valence-electron chi connectivity index (χ2n) is 8.15. The molecule has 0 unspecified atom stereocenters. The minimum atomic E-state index is -0.363. The van der Waals surface area contributed by atoms with Gasteiger partial charge in [0.1, 0.15) is 12.4 Å². The molecule has 3 aliphatic carbocycles. The average Bonchev–Trinajstić information content (AvgIpc) is 2.95. The molecule has 3 aliphatic rings. The van der Waals surface area contributed by atoms with Gasteiger partial charge in [-0.25, -0.2) is 4.39 Å². The number of halogens is 1. The number of fused-ring (bicyclic) bond motifs is 5. The van der Waals surface area contributed by atoms with Gasteiger partial charge in [0.15, 0.2) is 0 Å². The van der Waals surface area contributed by atoms with Gasteiger partial charge >= 0.3 is 0 Å². The van der Waals surface area contributed by atoms with E-state index in [1.807, 2.05) is 0 Å². The lowest BCUT2D eigenvalue weighted by Crippen LogP contribution is -2.44. The van der Waals surface area contributed by atoms with Crippen molar-refractivity contribution in [2.24, 2.45) is 17.3 Å². The molecule has 0 N–H and O–H groups in total. The van der Waals surface area contributed by atoms with Crippen LogP contribution in [0.1, 0.15) is 56.1 Å². The number of aryl methyl sites for hydroxylation is 1. The monoisotopic (exact) mass is 332 g/mol. The lowest BCUT2D eigenvalue weighted by Gasteiger charge is -2.50. The van der Waals surface area contributed by atoms with Gasteiger partial charge in [0.2, 0.25) is 0 Å². The Morgan fingerprint density at radius 3 is 2.88 bits per heavy atom. The molecule has 24 heavy (non-hydrogen) atoms. The Hall–Kier alpha value is -1.09. The Kier molecular flexibility index (Phi) is 4.32. The van der Waals surface area contributed by atoms with Gasteiger partial charge < -0.3 is 9.47 Å². The SMILES string of the molecule is COc1ccc2c(c1)CC[C@H]1[C@H]2CC[C@]2(C)[C@@H](OCCF)CC[C@@H]12. The molecule has 3 heteroatoms. The summed E-state index contributed by atoms with van der Waals surface area (Å²) in [6.45, 7) is 2.32. The molecule has 2 saturated carbocycles. The summed E-state index contributed by atoms with van der Waals surface area (Å²) < 4.78 is 23.9. The van der Waals surface area contributed by atoms with Gasteiger partial charge in [-0.05, 0) is 85.0 Å². The molecule has 4 rings (SSSR count). The summed E-state index contributed by atoms with van der Waals surface area (Å²) >= 11 is 0. The Labute approximate surface area is 144 Å². The first-order chi connectivity index (χ1) is 11.7. The molecule has 5 atom stereocenters. The highest BCUT2D eigenvalue weighted by molar-refractivity contribution is 5.40. The molecule has 0 amide bonds. The van der Waals surface area contributed by atoms with Crippen molar-refractivity contribution in [2.45, 2.75) is 57.5 Å². The lowest BCUT2D eigenvalue weighted by molar-refractivity contribution is -0.0663. The van der Waals surface area contributed by atoms with Crippen molar-refractivity contribution in [1.82, 2.24) is 0 Å². The smallest absolute Gasteiger partial charge is 0.119 e. The third-order valence-corrected chi connectivity index (χ3v) is 7.24. The largest absolute Gasteiger partial charge is 0.497 e. The molecular weight excluding hydrogens is 303 g/mol. The molecule has 0 heterocycles. The van der Waals surface area contributed by atoms with Crippen molar-refractivity contribution < 1.29 is 13.9 Å². The van der Waals surface area contributed by atoms with Gasteiger partial charge in [0.05, 0.1) is 19.8 Å². The van der Waals surface area contributed by atoms with Crippen molar-refractivity contribution in [3.8, 4) is 5.75 Å². The lowest BCUT2D eigenvalue weighted by atomic mass is 9.55. The van der Waals surface area contributed by atoms with E-state index in [2.05, 4.69) is 25.1 Å². The molecule has 1 aromatic rings. The highest BCUT2D eigenvalue weighted by Gasteiger charge is 2.55. The average molecular weight is 332 g/mol. The first-order valence-corrected chi connectivity index (χ1v) is 9.51. The van der Waals surface area contributed by atoms with Gasteiger partial charge in [-0.2, -0.15) is 0 Å². The van der Waals surface area contributed by atoms with E-state index >= 15 is 0 Å². The maximum atomic E-state index is 12.6. The van der Waals surface area contributed by atoms with Crippen LogP contribution < -0.4 is 4.74 Å². The first-order valence-electron chi connectivity index (χ1n) is 9.51. The quantitative estimate of drug-likeness (QED) is 0.780. The molecular formula is C21H29FO2. The van der Waals surface area contributed by atoms with Gasteiger partial charge in [-0.3, -0.25) is 0 Å². The van der Waals surface area contributed by atoms with Gasteiger partial charge in [-0.1, -0.05) is 13.0 Å². The maximum absolute atomic E-state index is 12.6. The minimum Gasteiger partial charge on any atom is -0.497 e. The normalized spacial score (nSPS) is 37.5. The summed E-state index contributed by atoms with van der Waals surface area (Å²) in [5.74, 6) is 3.17. The predicted molar refractivity (Wildman–Crippen MR) is 93.3 cm³/mol. The number of hydrogen-bond donors (Lipinski definition) is 0. The topological polar surface area (TPSA) is 18.5 Å². The Balaban J connectivity index is 1.58. The van der Waals surface area contributed by atoms with Crippen LogP contribution in [-0.2, 0) is 11.2 Å². The molecule has 132 valence electrons. The third kappa shape index (κ3) is 2.47. The second-order valence-corrected chi connectivity index (χ2v) is 8.15. The van der Waals surface area contributed by atoms with E-state index in [4.69, 9.17) is 9.47 Å². The van der Waals surface area contributed by atoms with Gasteiger partial charge in [-0.15, -0.1) is 0 Å². The van der Waals surface area contributed by atoms with E-state index in [9.17, 15) is 4.39 Å². The summed E-state index contributed by atoms with van der Waals surface area (Å²) in [7, 11) is 1.75. The van der Waals surface area contributed by atoms with E-state index in [-0.39, 0.29) is 24.8 Å². The zero-order chi connectivity index (χ0) is 16.7. The van der Waals surface area contributed by atoms with Crippen molar-refractivity contribution in [3.63, 3.8) is 0 Å². The van der Waals surface area contributed by atoms with Crippen LogP contribution in [0.25, 0.3) is 0 Å². The Bertz CT molecular complexity index is 602. The first kappa shape index (κ1) is 16.4. The van der Waals surface area contributed by atoms with Crippen molar-refractivity contribution >= 4 is 0 Å². The number of benzene rings is 1. The number of hydrogen-bond acceptors (Lipinski definition) is 2. The van der Waals surface area contributed by atoms with Crippen molar-refractivity contribution in [2.75, 3.05) is 20.4 Å². The van der Waals surface area contributed by atoms with Crippen molar-refractivity contribution in [1.29, 1.82) is 0 Å². The summed E-state index contributed by atoms with van der Waals surface area (Å²) in [5, 5.41) is 0. The Morgan fingerprint density at radius 2 is 2.08 bits per heavy atom. The molecule has 1 aromatic carbocycles. The van der Waals surface area contributed by atoms with E-state index in [1.54, 1.807) is 12.7 Å². The van der Waals surface area contributed by atoms with E-state index in [0.29, 0.717) is 5.92 Å².